The first-order valence-electron chi connectivity index (χ1n) is 30.8. The molecule has 5 heteroatoms. The number of hydrogen-bond acceptors (Lipinski definition) is 2. The van der Waals surface area contributed by atoms with E-state index in [0.717, 1.165) is 84.1 Å². The summed E-state index contributed by atoms with van der Waals surface area (Å²) >= 11 is 0. The van der Waals surface area contributed by atoms with Crippen molar-refractivity contribution in [3.63, 3.8) is 0 Å². The van der Waals surface area contributed by atoms with Crippen LogP contribution in [0.15, 0.2) is 334 Å². The Balaban J connectivity index is 1.00. The zero-order chi connectivity index (χ0) is 58.5. The lowest BCUT2D eigenvalue weighted by atomic mass is 9.33. The van der Waals surface area contributed by atoms with Gasteiger partial charge in [-0.3, -0.25) is 0 Å². The van der Waals surface area contributed by atoms with Crippen molar-refractivity contribution in [1.82, 2.24) is 9.13 Å². The molecule has 0 amide bonds. The smallest absolute Gasteiger partial charge is 0.252 e. The topological polar surface area (TPSA) is 16.3 Å². The maximum atomic E-state index is 2.64. The highest BCUT2D eigenvalue weighted by molar-refractivity contribution is 7.00. The van der Waals surface area contributed by atoms with E-state index in [1.165, 1.54) is 77.0 Å². The normalized spacial score (nSPS) is 12.4. The molecule has 4 heterocycles. The van der Waals surface area contributed by atoms with Crippen LogP contribution in [-0.2, 0) is 0 Å². The average Bonchev–Trinajstić information content (AvgIpc) is 1.68. The first-order valence-corrected chi connectivity index (χ1v) is 30.8. The van der Waals surface area contributed by atoms with Crippen LogP contribution in [0.25, 0.3) is 111 Å². The zero-order valence-corrected chi connectivity index (χ0v) is 48.6. The van der Waals surface area contributed by atoms with E-state index in [-0.39, 0.29) is 6.71 Å². The van der Waals surface area contributed by atoms with Gasteiger partial charge in [0, 0.05) is 61.1 Å². The van der Waals surface area contributed by atoms with Gasteiger partial charge in [0.15, 0.2) is 0 Å². The summed E-state index contributed by atoms with van der Waals surface area (Å²) in [6.45, 7) is -0.182. The fraction of sp³-hybridized carbons (Fsp3) is 0. The number of benzene rings is 14. The van der Waals surface area contributed by atoms with E-state index in [1.807, 2.05) is 0 Å². The summed E-state index contributed by atoms with van der Waals surface area (Å²) in [7, 11) is 0. The fourth-order valence-electron chi connectivity index (χ4n) is 14.8. The molecule has 89 heavy (non-hydrogen) atoms. The van der Waals surface area contributed by atoms with Gasteiger partial charge in [-0.05, 0) is 128 Å². The molecule has 0 atom stereocenters. The number of hydrogen-bond donors (Lipinski definition) is 0. The summed E-state index contributed by atoms with van der Waals surface area (Å²) in [6.07, 6.45) is 0. The van der Waals surface area contributed by atoms with Crippen LogP contribution >= 0.6 is 0 Å². The van der Waals surface area contributed by atoms with Gasteiger partial charge in [0.1, 0.15) is 0 Å². The second-order valence-corrected chi connectivity index (χ2v) is 23.5. The third kappa shape index (κ3) is 8.02. The summed E-state index contributed by atoms with van der Waals surface area (Å²) in [5.41, 5.74) is 29.0. The molecule has 0 fully saturated rings. The molecule has 2 aromatic heterocycles. The molecule has 414 valence electrons. The Morgan fingerprint density at radius 1 is 0.225 bits per heavy atom. The highest BCUT2D eigenvalue weighted by atomic mass is 15.2. The molecule has 16 aromatic rings. The number of fused-ring (bicyclic) bond motifs is 11. The van der Waals surface area contributed by atoms with Crippen LogP contribution in [-0.4, -0.2) is 15.8 Å². The van der Waals surface area contributed by atoms with E-state index in [9.17, 15) is 0 Å². The molecule has 4 nitrogen and oxygen atoms in total. The molecular weight excluding hydrogens is 1080 g/mol. The molecule has 0 N–H and O–H groups in total. The number of para-hydroxylation sites is 4. The van der Waals surface area contributed by atoms with Gasteiger partial charge in [-0.25, -0.2) is 0 Å². The highest BCUT2D eigenvalue weighted by Crippen LogP contribution is 2.52. The molecule has 14 aromatic carbocycles. The van der Waals surface area contributed by atoms with E-state index >= 15 is 0 Å². The Bertz CT molecular complexity index is 5310. The van der Waals surface area contributed by atoms with Crippen molar-refractivity contribution >= 4 is 101 Å². The van der Waals surface area contributed by atoms with Gasteiger partial charge < -0.3 is 18.9 Å². The van der Waals surface area contributed by atoms with Gasteiger partial charge in [0.05, 0.1) is 39.1 Å². The van der Waals surface area contributed by atoms with Gasteiger partial charge >= 0.3 is 0 Å². The van der Waals surface area contributed by atoms with Crippen LogP contribution in [0, 0.1) is 0 Å². The fourth-order valence-corrected chi connectivity index (χ4v) is 14.8. The van der Waals surface area contributed by atoms with Crippen molar-refractivity contribution in [3.8, 4) is 67.0 Å². The zero-order valence-electron chi connectivity index (χ0n) is 48.6. The van der Waals surface area contributed by atoms with Crippen LogP contribution in [0.5, 0.6) is 0 Å². The van der Waals surface area contributed by atoms with E-state index in [4.69, 9.17) is 0 Å². The lowest BCUT2D eigenvalue weighted by molar-refractivity contribution is 1.16. The largest absolute Gasteiger partial charge is 0.311 e. The van der Waals surface area contributed by atoms with E-state index in [0.29, 0.717) is 0 Å². The molecule has 0 saturated heterocycles. The van der Waals surface area contributed by atoms with Crippen molar-refractivity contribution in [3.05, 3.63) is 334 Å². The summed E-state index contributed by atoms with van der Waals surface area (Å²) in [4.78, 5) is 5.22. The first kappa shape index (κ1) is 50.6. The number of rotatable bonds is 9. The Morgan fingerprint density at radius 3 is 1.25 bits per heavy atom. The molecule has 0 aliphatic carbocycles. The van der Waals surface area contributed by atoms with Crippen molar-refractivity contribution in [2.75, 3.05) is 9.80 Å². The van der Waals surface area contributed by atoms with Crippen LogP contribution < -0.4 is 26.2 Å². The van der Waals surface area contributed by atoms with Crippen LogP contribution in [0.2, 0.25) is 0 Å². The molecule has 0 unspecified atom stereocenters. The Hall–Kier alpha value is -11.7. The number of anilines is 6. The molecular formula is C84H55BN4. The number of aromatic nitrogens is 2. The first-order chi connectivity index (χ1) is 44.2. The van der Waals surface area contributed by atoms with Crippen molar-refractivity contribution in [2.45, 2.75) is 0 Å². The van der Waals surface area contributed by atoms with Gasteiger partial charge in [-0.2, -0.15) is 0 Å². The Kier molecular flexibility index (Phi) is 11.7. The van der Waals surface area contributed by atoms with Crippen LogP contribution in [0.3, 0.4) is 0 Å². The van der Waals surface area contributed by atoms with E-state index < -0.39 is 0 Å². The summed E-state index contributed by atoms with van der Waals surface area (Å²) in [5.74, 6) is 0. The summed E-state index contributed by atoms with van der Waals surface area (Å²) in [5, 5.41) is 4.82. The third-order valence-corrected chi connectivity index (χ3v) is 18.7. The van der Waals surface area contributed by atoms with E-state index in [2.05, 4.69) is 353 Å². The van der Waals surface area contributed by atoms with Gasteiger partial charge in [0.2, 0.25) is 0 Å². The molecule has 0 radical (unpaired) electrons. The Morgan fingerprint density at radius 2 is 0.663 bits per heavy atom. The third-order valence-electron chi connectivity index (χ3n) is 18.7. The van der Waals surface area contributed by atoms with Crippen molar-refractivity contribution < 1.29 is 0 Å². The quantitative estimate of drug-likeness (QED) is 0.134. The minimum Gasteiger partial charge on any atom is -0.311 e. The maximum absolute atomic E-state index is 2.64. The SMILES string of the molecule is c1ccc(-c2ccc(N3c4cc(-n5c6ccccc6c6ccccc65)cc5c4B(c4ccc(-c6ccccc6)cc4N5c4cccc(-c5ccccc5)c4)c4ccc5c(c43)c3ccccc3n5-c3c(-c4ccccc4)cccc3-c3ccccc3)cc2)cc1. The maximum Gasteiger partial charge on any atom is 0.252 e. The molecule has 0 saturated carbocycles. The summed E-state index contributed by atoms with van der Waals surface area (Å²) < 4.78 is 5.08. The number of nitrogens with zero attached hydrogens (tertiary/aromatic N) is 4. The monoisotopic (exact) mass is 1130 g/mol. The average molecular weight is 1130 g/mol. The highest BCUT2D eigenvalue weighted by Gasteiger charge is 2.45. The van der Waals surface area contributed by atoms with Gasteiger partial charge in [-0.15, -0.1) is 0 Å². The lowest BCUT2D eigenvalue weighted by Gasteiger charge is -2.45. The van der Waals surface area contributed by atoms with Crippen LogP contribution in [0.4, 0.5) is 34.1 Å². The van der Waals surface area contributed by atoms with Crippen molar-refractivity contribution in [2.24, 2.45) is 0 Å². The predicted molar refractivity (Wildman–Crippen MR) is 376 cm³/mol. The van der Waals surface area contributed by atoms with Gasteiger partial charge in [0.25, 0.3) is 6.71 Å². The molecule has 0 bridgehead atoms. The second kappa shape index (κ2) is 20.5. The molecule has 18 rings (SSSR count). The Labute approximate surface area is 517 Å². The molecule has 2 aliphatic heterocycles. The molecule has 2 aliphatic rings. The minimum atomic E-state index is -0.182. The van der Waals surface area contributed by atoms with Crippen LogP contribution in [0.1, 0.15) is 0 Å². The standard InChI is InChI=1S/C84H55BN4/c1-6-24-56(25-7-1)59-44-47-64(48-45-59)88-80-55-66(87-74-41-19-16-36-69(74)70-37-17-20-42-75(70)87)54-79-82(80)85(72-49-46-63(58-28-10-3-11-29-58)53-78(72)86(79)65-35-22-34-62(52-65)57-26-8-2-9-27-57)73-50-51-77-81(84(73)88)71-38-18-21-43-76(71)89(77)83-67(60-30-12-4-13-31-60)39-23-40-68(83)61-32-14-5-15-33-61/h1-55H. The van der Waals surface area contributed by atoms with Crippen molar-refractivity contribution in [1.29, 1.82) is 0 Å². The molecule has 0 spiro atoms. The second-order valence-electron chi connectivity index (χ2n) is 23.5. The lowest BCUT2D eigenvalue weighted by Crippen LogP contribution is -2.61. The summed E-state index contributed by atoms with van der Waals surface area (Å²) in [6, 6.07) is 124. The predicted octanol–water partition coefficient (Wildman–Crippen LogP) is 20.3. The minimum absolute atomic E-state index is 0.182. The van der Waals surface area contributed by atoms with Gasteiger partial charge in [-0.1, -0.05) is 267 Å². The van der Waals surface area contributed by atoms with E-state index in [1.54, 1.807) is 0 Å².